The minimum atomic E-state index is 0. The molecule has 0 bridgehead atoms. The Bertz CT molecular complexity index is 2570. The molecule has 228 valence electrons. The minimum absolute atomic E-state index is 0. The van der Waals surface area contributed by atoms with Crippen molar-refractivity contribution in [1.29, 1.82) is 0 Å². The molecule has 7 nitrogen and oxygen atoms in total. The molecule has 9 heteroatoms. The molecule has 0 spiro atoms. The molecule has 9 aromatic rings. The van der Waals surface area contributed by atoms with Crippen LogP contribution in [0.3, 0.4) is 0 Å². The first-order chi connectivity index (χ1) is 22.6. The molecule has 0 aliphatic carbocycles. The second kappa shape index (κ2) is 11.6. The van der Waals surface area contributed by atoms with E-state index < -0.39 is 0 Å². The molecule has 0 N–H and O–H groups in total. The Morgan fingerprint density at radius 1 is 0.660 bits per heavy atom. The number of aromatic nitrogens is 7. The molecule has 9 rings (SSSR count). The third-order valence-electron chi connectivity index (χ3n) is 8.42. The summed E-state index contributed by atoms with van der Waals surface area (Å²) in [6, 6.07) is 36.8. The zero-order valence-electron chi connectivity index (χ0n) is 25.3. The second-order valence-corrected chi connectivity index (χ2v) is 12.3. The minimum Gasteiger partial charge on any atom is -0.346 e. The van der Waals surface area contributed by atoms with Crippen LogP contribution in [0.4, 0.5) is 0 Å². The summed E-state index contributed by atoms with van der Waals surface area (Å²) < 4.78 is 7.43. The number of fused-ring (bicyclic) bond motifs is 4. The van der Waals surface area contributed by atoms with Crippen LogP contribution in [-0.2, 0) is 35.2 Å². The average molecular weight is 807 g/mol. The molecule has 0 saturated carbocycles. The smallest absolute Gasteiger partial charge is 0.346 e. The Labute approximate surface area is 289 Å². The van der Waals surface area contributed by atoms with Crippen molar-refractivity contribution >= 4 is 43.4 Å². The summed E-state index contributed by atoms with van der Waals surface area (Å²) in [6.07, 6.45) is 9.40. The SMILES string of the molecule is Cn1ccnc1-c1ccc2nc(-c3[c-]c4c(cc3)c3cc(-c5nccn5C)ccc3n4-c3[c-]c(-c4ccccn4)ccc3)sc2c1.[Pt+2]. The molecule has 0 aliphatic heterocycles. The molecule has 0 fully saturated rings. The predicted molar refractivity (Wildman–Crippen MR) is 185 cm³/mol. The number of aryl methyl sites for hydroxylation is 2. The topological polar surface area (TPSA) is 66.3 Å². The van der Waals surface area contributed by atoms with Gasteiger partial charge in [-0.3, -0.25) is 4.98 Å². The van der Waals surface area contributed by atoms with E-state index in [-0.39, 0.29) is 21.1 Å². The van der Waals surface area contributed by atoms with Gasteiger partial charge in [-0.05, 0) is 58.7 Å². The summed E-state index contributed by atoms with van der Waals surface area (Å²) in [6.45, 7) is 0. The summed E-state index contributed by atoms with van der Waals surface area (Å²) in [5.74, 6) is 1.86. The maximum absolute atomic E-state index is 5.03. The fourth-order valence-electron chi connectivity index (χ4n) is 6.18. The number of benzene rings is 4. The number of thiazole rings is 1. The van der Waals surface area contributed by atoms with Gasteiger partial charge in [-0.2, -0.15) is 11.3 Å². The van der Waals surface area contributed by atoms with Gasteiger partial charge in [0.15, 0.2) is 0 Å². The average Bonchev–Trinajstić information content (AvgIpc) is 3.89. The normalized spacial score (nSPS) is 11.4. The number of hydrogen-bond acceptors (Lipinski definition) is 5. The standard InChI is InChI=1S/C38H25N7S.Pt/c1-43-18-16-40-36(43)25-11-14-33-30(21-25)29-12-9-27(38-42-32-13-10-26(23-35(32)46-38)37-41-17-19-44(37)2)22-34(29)45(33)28-7-5-6-24(20-28)31-8-3-4-15-39-31;/h3-19,21,23H,1-2H3;/q-2;+2. The molecule has 0 atom stereocenters. The summed E-state index contributed by atoms with van der Waals surface area (Å²) in [5, 5.41) is 3.15. The van der Waals surface area contributed by atoms with Crippen LogP contribution in [0.5, 0.6) is 0 Å². The number of rotatable bonds is 5. The molecule has 0 aliphatic rings. The zero-order chi connectivity index (χ0) is 30.8. The van der Waals surface area contributed by atoms with Crippen LogP contribution in [0, 0.1) is 12.1 Å². The molecule has 4 aromatic carbocycles. The van der Waals surface area contributed by atoms with E-state index in [0.717, 1.165) is 82.3 Å². The van der Waals surface area contributed by atoms with Gasteiger partial charge in [-0.25, -0.2) is 9.97 Å². The Morgan fingerprint density at radius 2 is 1.45 bits per heavy atom. The predicted octanol–water partition coefficient (Wildman–Crippen LogP) is 8.52. The van der Waals surface area contributed by atoms with Gasteiger partial charge in [0.1, 0.15) is 11.6 Å². The van der Waals surface area contributed by atoms with E-state index >= 15 is 0 Å². The maximum Gasteiger partial charge on any atom is 2.00 e. The first-order valence-corrected chi connectivity index (χ1v) is 15.7. The number of nitrogens with zero attached hydrogens (tertiary/aromatic N) is 7. The van der Waals surface area contributed by atoms with Crippen LogP contribution in [-0.4, -0.2) is 33.6 Å². The van der Waals surface area contributed by atoms with Crippen LogP contribution in [0.2, 0.25) is 0 Å². The summed E-state index contributed by atoms with van der Waals surface area (Å²) in [5.41, 5.74) is 8.81. The van der Waals surface area contributed by atoms with Gasteiger partial charge in [0, 0.05) is 71.4 Å². The van der Waals surface area contributed by atoms with E-state index in [4.69, 9.17) is 4.98 Å². The van der Waals surface area contributed by atoms with Crippen molar-refractivity contribution in [3.8, 4) is 50.3 Å². The molecule has 0 saturated heterocycles. The Balaban J connectivity index is 0.00000324. The number of pyridine rings is 1. The third-order valence-corrected chi connectivity index (χ3v) is 9.47. The van der Waals surface area contributed by atoms with E-state index in [1.165, 1.54) is 0 Å². The van der Waals surface area contributed by atoms with Crippen LogP contribution in [0.1, 0.15) is 0 Å². The number of hydrogen-bond donors (Lipinski definition) is 0. The largest absolute Gasteiger partial charge is 2.00 e. The van der Waals surface area contributed by atoms with Crippen molar-refractivity contribution in [2.75, 3.05) is 0 Å². The fourth-order valence-corrected chi connectivity index (χ4v) is 7.17. The molecule has 0 radical (unpaired) electrons. The van der Waals surface area contributed by atoms with Gasteiger partial charge >= 0.3 is 21.1 Å². The summed E-state index contributed by atoms with van der Waals surface area (Å²) >= 11 is 1.67. The van der Waals surface area contributed by atoms with E-state index in [9.17, 15) is 0 Å². The molecule has 5 heterocycles. The van der Waals surface area contributed by atoms with Gasteiger partial charge in [0.25, 0.3) is 0 Å². The van der Waals surface area contributed by atoms with Gasteiger partial charge < -0.3 is 18.7 Å². The molecule has 5 aromatic heterocycles. The Kier molecular flexibility index (Phi) is 7.20. The monoisotopic (exact) mass is 806 g/mol. The van der Waals surface area contributed by atoms with E-state index in [1.807, 2.05) is 78.5 Å². The molecular formula is C38H25N7PtS. The van der Waals surface area contributed by atoms with E-state index in [0.29, 0.717) is 0 Å². The third kappa shape index (κ3) is 4.92. The first kappa shape index (κ1) is 29.2. The molecule has 0 unspecified atom stereocenters. The quantitative estimate of drug-likeness (QED) is 0.164. The van der Waals surface area contributed by atoms with Crippen molar-refractivity contribution in [1.82, 2.24) is 33.6 Å². The first-order valence-electron chi connectivity index (χ1n) is 14.9. The van der Waals surface area contributed by atoms with E-state index in [1.54, 1.807) is 11.3 Å². The Hall–Kier alpha value is -5.17. The zero-order valence-corrected chi connectivity index (χ0v) is 28.4. The molecular weight excluding hydrogens is 782 g/mol. The maximum atomic E-state index is 5.03. The van der Waals surface area contributed by atoms with Crippen molar-refractivity contribution in [2.24, 2.45) is 14.1 Å². The van der Waals surface area contributed by atoms with Crippen molar-refractivity contribution in [2.45, 2.75) is 0 Å². The van der Waals surface area contributed by atoms with Crippen molar-refractivity contribution in [3.05, 3.63) is 128 Å². The van der Waals surface area contributed by atoms with E-state index in [2.05, 4.69) is 92.3 Å². The second-order valence-electron chi connectivity index (χ2n) is 11.3. The van der Waals surface area contributed by atoms with Crippen LogP contribution >= 0.6 is 11.3 Å². The van der Waals surface area contributed by atoms with Gasteiger partial charge in [0.2, 0.25) is 0 Å². The van der Waals surface area contributed by atoms with Crippen molar-refractivity contribution < 1.29 is 21.1 Å². The molecule has 0 amide bonds. The summed E-state index contributed by atoms with van der Waals surface area (Å²) in [7, 11) is 4.03. The van der Waals surface area contributed by atoms with Gasteiger partial charge in [-0.15, -0.1) is 53.6 Å². The fraction of sp³-hybridized carbons (Fsp3) is 0.0526. The van der Waals surface area contributed by atoms with Crippen molar-refractivity contribution in [3.63, 3.8) is 0 Å². The van der Waals surface area contributed by atoms with Crippen LogP contribution < -0.4 is 0 Å². The van der Waals surface area contributed by atoms with Crippen LogP contribution in [0.15, 0.2) is 116 Å². The Morgan fingerprint density at radius 3 is 2.19 bits per heavy atom. The molecule has 47 heavy (non-hydrogen) atoms. The van der Waals surface area contributed by atoms with Crippen LogP contribution in [0.25, 0.3) is 82.3 Å². The number of imidazole rings is 2. The van der Waals surface area contributed by atoms with Gasteiger partial charge in [-0.1, -0.05) is 23.6 Å². The van der Waals surface area contributed by atoms with Gasteiger partial charge in [0.05, 0.1) is 5.52 Å². The summed E-state index contributed by atoms with van der Waals surface area (Å²) in [4.78, 5) is 18.7.